The lowest BCUT2D eigenvalue weighted by atomic mass is 9.85. The molecule has 8 nitrogen and oxygen atoms in total. The Bertz CT molecular complexity index is 974. The Labute approximate surface area is 158 Å². The van der Waals surface area contributed by atoms with Gasteiger partial charge in [0.2, 0.25) is 10.1 Å². The van der Waals surface area contributed by atoms with Crippen LogP contribution in [-0.2, 0) is 0 Å². The summed E-state index contributed by atoms with van der Waals surface area (Å²) >= 11 is 1.33. The fraction of sp³-hybridized carbons (Fsp3) is 0.412. The summed E-state index contributed by atoms with van der Waals surface area (Å²) in [6, 6.07) is 4.27. The maximum Gasteiger partial charge on any atom is 0.214 e. The van der Waals surface area contributed by atoms with Gasteiger partial charge in [-0.05, 0) is 19.1 Å². The second kappa shape index (κ2) is 6.41. The van der Waals surface area contributed by atoms with Crippen LogP contribution in [0.25, 0.3) is 16.2 Å². The van der Waals surface area contributed by atoms with E-state index < -0.39 is 23.6 Å². The molecule has 1 aromatic carbocycles. The predicted octanol–water partition coefficient (Wildman–Crippen LogP) is 0.865. The van der Waals surface area contributed by atoms with E-state index in [2.05, 4.69) is 10.1 Å². The molecule has 0 amide bonds. The highest BCUT2D eigenvalue weighted by molar-refractivity contribution is 7.20. The van der Waals surface area contributed by atoms with Crippen LogP contribution in [0, 0.1) is 5.82 Å². The largest absolute Gasteiger partial charge is 0.496 e. The molecule has 3 heterocycles. The van der Waals surface area contributed by atoms with Gasteiger partial charge in [-0.2, -0.15) is 0 Å². The van der Waals surface area contributed by atoms with Crippen LogP contribution in [-0.4, -0.2) is 62.8 Å². The number of aliphatic hydroxyl groups excluding tert-OH is 2. The fourth-order valence-corrected chi connectivity index (χ4v) is 4.03. The van der Waals surface area contributed by atoms with Crippen molar-refractivity contribution in [1.82, 2.24) is 14.6 Å². The van der Waals surface area contributed by atoms with Gasteiger partial charge in [-0.25, -0.2) is 13.9 Å². The molecule has 10 heteroatoms. The molecule has 0 radical (unpaired) electrons. The lowest BCUT2D eigenvalue weighted by Crippen LogP contribution is -2.67. The molecule has 27 heavy (non-hydrogen) atoms. The van der Waals surface area contributed by atoms with Gasteiger partial charge in [0, 0.05) is 24.7 Å². The molecule has 2 aromatic heterocycles. The number of halogens is 1. The van der Waals surface area contributed by atoms with Crippen LogP contribution in [0.15, 0.2) is 24.4 Å². The lowest BCUT2D eigenvalue weighted by Gasteiger charge is -2.44. The van der Waals surface area contributed by atoms with Crippen molar-refractivity contribution < 1.29 is 19.3 Å². The monoisotopic (exact) mass is 393 g/mol. The number of aliphatic hydroxyl groups is 2. The molecular weight excluding hydrogens is 373 g/mol. The molecule has 0 spiro atoms. The van der Waals surface area contributed by atoms with Crippen LogP contribution in [0.1, 0.15) is 6.92 Å². The van der Waals surface area contributed by atoms with Crippen molar-refractivity contribution in [2.24, 2.45) is 5.73 Å². The molecule has 1 unspecified atom stereocenters. The molecule has 0 bridgehead atoms. The second-order valence-electron chi connectivity index (χ2n) is 6.87. The fourth-order valence-electron chi connectivity index (χ4n) is 3.13. The van der Waals surface area contributed by atoms with Gasteiger partial charge in [-0.1, -0.05) is 11.3 Å². The Morgan fingerprint density at radius 1 is 1.33 bits per heavy atom. The molecule has 3 atom stereocenters. The summed E-state index contributed by atoms with van der Waals surface area (Å²) in [6.45, 7) is 2.15. The number of imidazole rings is 1. The molecule has 4 N–H and O–H groups in total. The predicted molar refractivity (Wildman–Crippen MR) is 99.6 cm³/mol. The lowest BCUT2D eigenvalue weighted by molar-refractivity contribution is -0.0130. The third kappa shape index (κ3) is 2.94. The number of ether oxygens (including phenoxy) is 1. The zero-order valence-electron chi connectivity index (χ0n) is 14.8. The van der Waals surface area contributed by atoms with Crippen LogP contribution >= 0.6 is 11.3 Å². The molecule has 1 aliphatic rings. The van der Waals surface area contributed by atoms with Gasteiger partial charge in [0.1, 0.15) is 11.6 Å². The Morgan fingerprint density at radius 2 is 2.04 bits per heavy atom. The number of aromatic nitrogens is 3. The first-order valence-corrected chi connectivity index (χ1v) is 9.21. The summed E-state index contributed by atoms with van der Waals surface area (Å²) in [4.78, 5) is 6.79. The number of fused-ring (bicyclic) bond motifs is 1. The third-order valence-corrected chi connectivity index (χ3v) is 5.99. The van der Waals surface area contributed by atoms with Crippen LogP contribution in [0.3, 0.4) is 0 Å². The molecule has 144 valence electrons. The number of β-amino-alcohol motifs (C(OH)–C–C–N with tert-alkyl or cyclic N) is 2. The van der Waals surface area contributed by atoms with Crippen molar-refractivity contribution in [3.63, 3.8) is 0 Å². The summed E-state index contributed by atoms with van der Waals surface area (Å²) in [6.07, 6.45) is -0.141. The van der Waals surface area contributed by atoms with E-state index in [0.29, 0.717) is 27.1 Å². The molecule has 1 fully saturated rings. The highest BCUT2D eigenvalue weighted by Crippen LogP contribution is 2.34. The van der Waals surface area contributed by atoms with Crippen molar-refractivity contribution >= 4 is 21.4 Å². The molecule has 0 saturated carbocycles. The van der Waals surface area contributed by atoms with E-state index in [1.807, 2.05) is 0 Å². The van der Waals surface area contributed by atoms with E-state index >= 15 is 0 Å². The third-order valence-electron chi connectivity index (χ3n) is 5.01. The molecule has 3 aromatic rings. The maximum atomic E-state index is 13.5. The first-order chi connectivity index (χ1) is 12.8. The maximum absolute atomic E-state index is 13.5. The summed E-state index contributed by atoms with van der Waals surface area (Å²) < 4.78 is 20.4. The summed E-state index contributed by atoms with van der Waals surface area (Å²) in [5, 5.41) is 25.7. The number of rotatable bonds is 3. The van der Waals surface area contributed by atoms with E-state index in [4.69, 9.17) is 10.5 Å². The average molecular weight is 393 g/mol. The Morgan fingerprint density at radius 3 is 2.70 bits per heavy atom. The van der Waals surface area contributed by atoms with Crippen molar-refractivity contribution in [3.05, 3.63) is 30.2 Å². The number of benzene rings is 1. The van der Waals surface area contributed by atoms with E-state index in [-0.39, 0.29) is 13.1 Å². The standard InChI is InChI=1S/C17H20FN5O3S/c1-17(19)13(24)7-22(8-14(17)25)16-21-23-11(6-20-15(23)27-16)10-4-3-9(18)5-12(10)26-2/h3-6,13-14,24-25H,7-8,19H2,1-2H3/t13-,14+,17?. The topological polar surface area (TPSA) is 109 Å². The van der Waals surface area contributed by atoms with Gasteiger partial charge in [-0.15, -0.1) is 5.10 Å². The van der Waals surface area contributed by atoms with Gasteiger partial charge in [-0.3, -0.25) is 0 Å². The Hall–Kier alpha value is -2.27. The SMILES string of the molecule is COc1cc(F)ccc1-c1cnc2sc(N3C[C@@H](O)C(C)(N)[C@@H](O)C3)nn12. The van der Waals surface area contributed by atoms with Gasteiger partial charge < -0.3 is 25.6 Å². The minimum atomic E-state index is -1.07. The summed E-state index contributed by atoms with van der Waals surface area (Å²) in [7, 11) is 1.48. The van der Waals surface area contributed by atoms with Gasteiger partial charge in [0.15, 0.2) is 0 Å². The quantitative estimate of drug-likeness (QED) is 0.606. The van der Waals surface area contributed by atoms with E-state index in [0.717, 1.165) is 0 Å². The van der Waals surface area contributed by atoms with Crippen LogP contribution < -0.4 is 15.4 Å². The molecule has 4 rings (SSSR count). The number of hydrogen-bond donors (Lipinski definition) is 3. The van der Waals surface area contributed by atoms with E-state index in [1.54, 1.807) is 28.6 Å². The van der Waals surface area contributed by atoms with Crippen molar-refractivity contribution in [2.75, 3.05) is 25.1 Å². The minimum Gasteiger partial charge on any atom is -0.496 e. The summed E-state index contributed by atoms with van der Waals surface area (Å²) in [5.74, 6) is -0.00878. The van der Waals surface area contributed by atoms with E-state index in [1.165, 1.54) is 30.6 Å². The number of hydrogen-bond acceptors (Lipinski definition) is 8. The first kappa shape index (κ1) is 18.1. The number of anilines is 1. The highest BCUT2D eigenvalue weighted by atomic mass is 32.1. The first-order valence-electron chi connectivity index (χ1n) is 8.39. The van der Waals surface area contributed by atoms with Gasteiger partial charge in [0.25, 0.3) is 0 Å². The Balaban J connectivity index is 1.71. The number of nitrogens with two attached hydrogens (primary N) is 1. The minimum absolute atomic E-state index is 0.260. The van der Waals surface area contributed by atoms with Crippen molar-refractivity contribution in [2.45, 2.75) is 24.7 Å². The molecule has 1 saturated heterocycles. The smallest absolute Gasteiger partial charge is 0.214 e. The second-order valence-corrected chi connectivity index (χ2v) is 7.80. The number of nitrogens with zero attached hydrogens (tertiary/aromatic N) is 4. The molecular formula is C17H20FN5O3S. The number of methoxy groups -OCH3 is 1. The van der Waals surface area contributed by atoms with Crippen LogP contribution in [0.5, 0.6) is 5.75 Å². The van der Waals surface area contributed by atoms with Gasteiger partial charge >= 0.3 is 0 Å². The zero-order chi connectivity index (χ0) is 19.3. The van der Waals surface area contributed by atoms with Gasteiger partial charge in [0.05, 0.1) is 36.7 Å². The van der Waals surface area contributed by atoms with E-state index in [9.17, 15) is 14.6 Å². The van der Waals surface area contributed by atoms with Crippen LogP contribution in [0.2, 0.25) is 0 Å². The summed E-state index contributed by atoms with van der Waals surface area (Å²) in [5.41, 5.74) is 6.25. The highest BCUT2D eigenvalue weighted by Gasteiger charge is 2.43. The number of piperidine rings is 1. The Kier molecular flexibility index (Phi) is 4.30. The van der Waals surface area contributed by atoms with Crippen LogP contribution in [0.4, 0.5) is 9.52 Å². The molecule has 0 aliphatic carbocycles. The van der Waals surface area contributed by atoms with Crippen molar-refractivity contribution in [3.8, 4) is 17.0 Å². The van der Waals surface area contributed by atoms with Crippen molar-refractivity contribution in [1.29, 1.82) is 0 Å². The normalized spacial score (nSPS) is 25.9. The zero-order valence-corrected chi connectivity index (χ0v) is 15.6. The molecule has 1 aliphatic heterocycles. The average Bonchev–Trinajstić information content (AvgIpc) is 3.20.